The summed E-state index contributed by atoms with van der Waals surface area (Å²) in [5.41, 5.74) is 9.15. The third-order valence-electron chi connectivity index (χ3n) is 4.11. The zero-order chi connectivity index (χ0) is 12.7. The van der Waals surface area contributed by atoms with E-state index in [1.807, 2.05) is 6.92 Å². The van der Waals surface area contributed by atoms with Crippen LogP contribution in [-0.2, 0) is 11.3 Å². The molecule has 5 nitrogen and oxygen atoms in total. The molecule has 2 aliphatic rings. The normalized spacial score (nSPS) is 26.7. The van der Waals surface area contributed by atoms with Crippen LogP contribution in [0.4, 0.5) is 5.82 Å². The summed E-state index contributed by atoms with van der Waals surface area (Å²) >= 11 is 0. The van der Waals surface area contributed by atoms with Crippen LogP contribution in [0.5, 0.6) is 0 Å². The highest BCUT2D eigenvalue weighted by Crippen LogP contribution is 2.31. The zero-order valence-electron chi connectivity index (χ0n) is 11.0. The predicted octanol–water partition coefficient (Wildman–Crippen LogP) is 0.920. The molecule has 0 saturated carbocycles. The number of fused-ring (bicyclic) bond motifs is 2. The number of nitrogens with two attached hydrogens (primary N) is 1. The second kappa shape index (κ2) is 4.48. The van der Waals surface area contributed by atoms with Gasteiger partial charge in [0.05, 0.1) is 17.9 Å². The molecule has 2 atom stereocenters. The van der Waals surface area contributed by atoms with E-state index in [0.717, 1.165) is 43.0 Å². The fraction of sp³-hybridized carbons (Fsp3) is 0.692. The monoisotopic (exact) mass is 248 g/mol. The molecule has 3 rings (SSSR count). The predicted molar refractivity (Wildman–Crippen MR) is 69.5 cm³/mol. The standard InChI is InChI=1S/C13H20N4O/c1-8-9(2)15-16-13(12(8)5-14)17-6-10-3-4-11(7-17)18-10/h10-11H,3-7,14H2,1-2H3. The van der Waals surface area contributed by atoms with Crippen LogP contribution in [0.25, 0.3) is 0 Å². The van der Waals surface area contributed by atoms with Gasteiger partial charge in [0, 0.05) is 25.2 Å². The van der Waals surface area contributed by atoms with Crippen LogP contribution in [0.3, 0.4) is 0 Å². The summed E-state index contributed by atoms with van der Waals surface area (Å²) in [5, 5.41) is 8.62. The topological polar surface area (TPSA) is 64.3 Å². The maximum atomic E-state index is 5.89. The van der Waals surface area contributed by atoms with Crippen molar-refractivity contribution in [3.05, 3.63) is 16.8 Å². The maximum Gasteiger partial charge on any atom is 0.156 e. The van der Waals surface area contributed by atoms with Gasteiger partial charge in [-0.3, -0.25) is 0 Å². The summed E-state index contributed by atoms with van der Waals surface area (Å²) in [6.45, 7) is 6.41. The summed E-state index contributed by atoms with van der Waals surface area (Å²) in [4.78, 5) is 2.30. The molecule has 3 heterocycles. The van der Waals surface area contributed by atoms with Gasteiger partial charge in [-0.15, -0.1) is 5.10 Å². The van der Waals surface area contributed by atoms with Crippen molar-refractivity contribution in [2.24, 2.45) is 5.73 Å². The molecule has 1 aromatic heterocycles. The molecule has 2 bridgehead atoms. The molecule has 0 aliphatic carbocycles. The first-order valence-electron chi connectivity index (χ1n) is 6.62. The Morgan fingerprint density at radius 3 is 2.50 bits per heavy atom. The lowest BCUT2D eigenvalue weighted by atomic mass is 10.1. The highest BCUT2D eigenvalue weighted by Gasteiger charge is 2.35. The number of rotatable bonds is 2. The highest BCUT2D eigenvalue weighted by atomic mass is 16.5. The number of aromatic nitrogens is 2. The van der Waals surface area contributed by atoms with E-state index in [2.05, 4.69) is 22.0 Å². The average molecular weight is 248 g/mol. The molecule has 2 fully saturated rings. The maximum absolute atomic E-state index is 5.89. The molecule has 18 heavy (non-hydrogen) atoms. The van der Waals surface area contributed by atoms with Crippen molar-refractivity contribution in [1.82, 2.24) is 10.2 Å². The molecule has 2 saturated heterocycles. The van der Waals surface area contributed by atoms with E-state index in [1.54, 1.807) is 0 Å². The lowest BCUT2D eigenvalue weighted by Gasteiger charge is -2.34. The van der Waals surface area contributed by atoms with Crippen LogP contribution in [-0.4, -0.2) is 35.5 Å². The molecule has 2 aliphatic heterocycles. The fourth-order valence-corrected chi connectivity index (χ4v) is 2.93. The van der Waals surface area contributed by atoms with Gasteiger partial charge in [-0.25, -0.2) is 0 Å². The highest BCUT2D eigenvalue weighted by molar-refractivity contribution is 5.51. The number of morpholine rings is 1. The van der Waals surface area contributed by atoms with E-state index >= 15 is 0 Å². The third-order valence-corrected chi connectivity index (χ3v) is 4.11. The molecular formula is C13H20N4O. The van der Waals surface area contributed by atoms with Crippen molar-refractivity contribution in [2.75, 3.05) is 18.0 Å². The lowest BCUT2D eigenvalue weighted by Crippen LogP contribution is -2.43. The van der Waals surface area contributed by atoms with Crippen molar-refractivity contribution in [1.29, 1.82) is 0 Å². The Morgan fingerprint density at radius 2 is 1.89 bits per heavy atom. The van der Waals surface area contributed by atoms with Crippen molar-refractivity contribution in [2.45, 2.75) is 45.4 Å². The Kier molecular flexibility index (Phi) is 2.95. The Balaban J connectivity index is 1.94. The summed E-state index contributed by atoms with van der Waals surface area (Å²) in [6, 6.07) is 0. The molecule has 0 spiro atoms. The quantitative estimate of drug-likeness (QED) is 0.843. The molecule has 0 amide bonds. The van der Waals surface area contributed by atoms with Crippen molar-refractivity contribution in [3.63, 3.8) is 0 Å². The zero-order valence-corrected chi connectivity index (χ0v) is 11.0. The summed E-state index contributed by atoms with van der Waals surface area (Å²) in [7, 11) is 0. The van der Waals surface area contributed by atoms with Crippen LogP contribution in [0, 0.1) is 13.8 Å². The number of anilines is 1. The SMILES string of the molecule is Cc1nnc(N2CC3CCC(C2)O3)c(CN)c1C. The van der Waals surface area contributed by atoms with Gasteiger partial charge in [-0.05, 0) is 32.3 Å². The van der Waals surface area contributed by atoms with Crippen LogP contribution < -0.4 is 10.6 Å². The van der Waals surface area contributed by atoms with Gasteiger partial charge in [0.25, 0.3) is 0 Å². The van der Waals surface area contributed by atoms with E-state index in [4.69, 9.17) is 10.5 Å². The second-order valence-corrected chi connectivity index (χ2v) is 5.28. The van der Waals surface area contributed by atoms with Crippen molar-refractivity contribution in [3.8, 4) is 0 Å². The number of hydrogen-bond donors (Lipinski definition) is 1. The van der Waals surface area contributed by atoms with Crippen LogP contribution in [0.1, 0.15) is 29.7 Å². The van der Waals surface area contributed by atoms with Gasteiger partial charge in [0.1, 0.15) is 0 Å². The Bertz CT molecular complexity index is 451. The molecule has 98 valence electrons. The molecule has 5 heteroatoms. The molecule has 0 aromatic carbocycles. The Labute approximate surface area is 107 Å². The van der Waals surface area contributed by atoms with Crippen LogP contribution in [0.2, 0.25) is 0 Å². The van der Waals surface area contributed by atoms with Crippen LogP contribution >= 0.6 is 0 Å². The van der Waals surface area contributed by atoms with Gasteiger partial charge < -0.3 is 15.4 Å². The summed E-state index contributed by atoms with van der Waals surface area (Å²) in [6.07, 6.45) is 3.05. The van der Waals surface area contributed by atoms with Crippen molar-refractivity contribution < 1.29 is 4.74 Å². The summed E-state index contributed by atoms with van der Waals surface area (Å²) < 4.78 is 5.86. The first-order chi connectivity index (χ1) is 8.69. The second-order valence-electron chi connectivity index (χ2n) is 5.28. The van der Waals surface area contributed by atoms with E-state index in [0.29, 0.717) is 18.8 Å². The molecule has 0 radical (unpaired) electrons. The van der Waals surface area contributed by atoms with E-state index in [-0.39, 0.29) is 0 Å². The number of nitrogens with zero attached hydrogens (tertiary/aromatic N) is 3. The molecular weight excluding hydrogens is 228 g/mol. The fourth-order valence-electron chi connectivity index (χ4n) is 2.93. The first kappa shape index (κ1) is 11.9. The van der Waals surface area contributed by atoms with Crippen LogP contribution in [0.15, 0.2) is 0 Å². The molecule has 2 unspecified atom stereocenters. The van der Waals surface area contributed by atoms with Gasteiger partial charge in [0.15, 0.2) is 5.82 Å². The smallest absolute Gasteiger partial charge is 0.156 e. The minimum absolute atomic E-state index is 0.359. The third kappa shape index (κ3) is 1.87. The van der Waals surface area contributed by atoms with E-state index < -0.39 is 0 Å². The largest absolute Gasteiger partial charge is 0.371 e. The lowest BCUT2D eigenvalue weighted by molar-refractivity contribution is 0.0301. The molecule has 2 N–H and O–H groups in total. The first-order valence-corrected chi connectivity index (χ1v) is 6.62. The van der Waals surface area contributed by atoms with Crippen molar-refractivity contribution >= 4 is 5.82 Å². The van der Waals surface area contributed by atoms with E-state index in [1.165, 1.54) is 5.56 Å². The van der Waals surface area contributed by atoms with Gasteiger partial charge in [-0.2, -0.15) is 5.10 Å². The Morgan fingerprint density at radius 1 is 1.22 bits per heavy atom. The Hall–Kier alpha value is -1.20. The minimum Gasteiger partial charge on any atom is -0.371 e. The minimum atomic E-state index is 0.359. The number of hydrogen-bond acceptors (Lipinski definition) is 5. The van der Waals surface area contributed by atoms with E-state index in [9.17, 15) is 0 Å². The molecule has 1 aromatic rings. The summed E-state index contributed by atoms with van der Waals surface area (Å²) in [5.74, 6) is 0.959. The number of ether oxygens (including phenoxy) is 1. The van der Waals surface area contributed by atoms with Gasteiger partial charge >= 0.3 is 0 Å². The number of aryl methyl sites for hydroxylation is 1. The van der Waals surface area contributed by atoms with Gasteiger partial charge in [0.2, 0.25) is 0 Å². The van der Waals surface area contributed by atoms with Gasteiger partial charge in [-0.1, -0.05) is 0 Å². The average Bonchev–Trinajstić information content (AvgIpc) is 2.71.